The second-order valence-electron chi connectivity index (χ2n) is 5.48. The van der Waals surface area contributed by atoms with E-state index in [0.29, 0.717) is 12.1 Å². The number of aryl methyl sites for hydroxylation is 1. The summed E-state index contributed by atoms with van der Waals surface area (Å²) in [5.41, 5.74) is 1.29. The van der Waals surface area contributed by atoms with E-state index >= 15 is 0 Å². The van der Waals surface area contributed by atoms with E-state index < -0.39 is 0 Å². The highest BCUT2D eigenvalue weighted by Gasteiger charge is 2.12. The number of rotatable bonds is 7. The van der Waals surface area contributed by atoms with Crippen LogP contribution in [0.5, 0.6) is 5.75 Å². The number of nitrogens with one attached hydrogen (secondary N) is 1. The topological polar surface area (TPSA) is 21.3 Å². The van der Waals surface area contributed by atoms with Gasteiger partial charge >= 0.3 is 0 Å². The molecule has 2 nitrogen and oxygen atoms in total. The summed E-state index contributed by atoms with van der Waals surface area (Å²) in [6.07, 6.45) is 1.04. The second kappa shape index (κ2) is 7.62. The molecule has 1 aromatic carbocycles. The van der Waals surface area contributed by atoms with Gasteiger partial charge in [0.15, 0.2) is 0 Å². The van der Waals surface area contributed by atoms with E-state index in [1.54, 1.807) is 0 Å². The van der Waals surface area contributed by atoms with E-state index in [0.717, 1.165) is 18.8 Å². The third-order valence-corrected chi connectivity index (χ3v) is 4.72. The maximum absolute atomic E-state index is 5.62. The van der Waals surface area contributed by atoms with Gasteiger partial charge in [0.2, 0.25) is 0 Å². The van der Waals surface area contributed by atoms with Crippen molar-refractivity contribution in [2.24, 2.45) is 0 Å². The highest BCUT2D eigenvalue weighted by molar-refractivity contribution is 7.12. The molecule has 0 spiro atoms. The molecule has 0 aliphatic rings. The molecule has 3 heteroatoms. The highest BCUT2D eigenvalue weighted by atomic mass is 32.1. The molecule has 0 radical (unpaired) electrons. The van der Waals surface area contributed by atoms with Gasteiger partial charge < -0.3 is 10.1 Å². The van der Waals surface area contributed by atoms with Crippen LogP contribution in [0.3, 0.4) is 0 Å². The molecule has 2 atom stereocenters. The van der Waals surface area contributed by atoms with E-state index in [1.807, 2.05) is 11.3 Å². The van der Waals surface area contributed by atoms with Gasteiger partial charge in [-0.15, -0.1) is 11.3 Å². The Kier molecular flexibility index (Phi) is 5.83. The molecular weight excluding hydrogens is 278 g/mol. The summed E-state index contributed by atoms with van der Waals surface area (Å²) < 4.78 is 5.62. The molecule has 0 fully saturated rings. The molecule has 0 saturated heterocycles. The van der Waals surface area contributed by atoms with Gasteiger partial charge in [0, 0.05) is 21.8 Å². The molecule has 1 heterocycles. The zero-order valence-corrected chi connectivity index (χ0v) is 14.2. The van der Waals surface area contributed by atoms with Crippen molar-refractivity contribution in [3.63, 3.8) is 0 Å². The fraction of sp³-hybridized carbons (Fsp3) is 0.444. The van der Waals surface area contributed by atoms with Crippen molar-refractivity contribution in [3.05, 3.63) is 51.7 Å². The first-order valence-electron chi connectivity index (χ1n) is 7.65. The standard InChI is InChI=1S/C18H25NOS/c1-5-12-20-17-9-7-16(8-10-17)14(3)19-15(4)18-11-6-13(2)21-18/h6-11,14-15,19H,5,12H2,1-4H3. The minimum absolute atomic E-state index is 0.322. The lowest BCUT2D eigenvalue weighted by Crippen LogP contribution is -2.21. The Morgan fingerprint density at radius 3 is 2.33 bits per heavy atom. The summed E-state index contributed by atoms with van der Waals surface area (Å²) >= 11 is 1.86. The summed E-state index contributed by atoms with van der Waals surface area (Å²) in [5.74, 6) is 0.953. The predicted molar refractivity (Wildman–Crippen MR) is 91.2 cm³/mol. The van der Waals surface area contributed by atoms with Crippen LogP contribution in [0.1, 0.15) is 54.6 Å². The summed E-state index contributed by atoms with van der Waals surface area (Å²) in [6, 6.07) is 13.5. The number of hydrogen-bond acceptors (Lipinski definition) is 3. The zero-order chi connectivity index (χ0) is 15.2. The van der Waals surface area contributed by atoms with Crippen molar-refractivity contribution in [2.45, 2.75) is 46.2 Å². The van der Waals surface area contributed by atoms with Crippen LogP contribution in [0.4, 0.5) is 0 Å². The minimum Gasteiger partial charge on any atom is -0.494 e. The normalized spacial score (nSPS) is 13.9. The van der Waals surface area contributed by atoms with Gasteiger partial charge in [-0.05, 0) is 57.0 Å². The van der Waals surface area contributed by atoms with Crippen LogP contribution < -0.4 is 10.1 Å². The average Bonchev–Trinajstić information content (AvgIpc) is 2.92. The van der Waals surface area contributed by atoms with Crippen molar-refractivity contribution < 1.29 is 4.74 Å². The van der Waals surface area contributed by atoms with Crippen LogP contribution in [-0.4, -0.2) is 6.61 Å². The van der Waals surface area contributed by atoms with Crippen molar-refractivity contribution in [3.8, 4) is 5.75 Å². The second-order valence-corrected chi connectivity index (χ2v) is 6.80. The maximum atomic E-state index is 5.62. The molecule has 21 heavy (non-hydrogen) atoms. The Bertz CT molecular complexity index is 547. The lowest BCUT2D eigenvalue weighted by Gasteiger charge is -2.20. The Morgan fingerprint density at radius 1 is 1.05 bits per heavy atom. The SMILES string of the molecule is CCCOc1ccc(C(C)NC(C)c2ccc(C)s2)cc1. The third kappa shape index (κ3) is 4.58. The lowest BCUT2D eigenvalue weighted by atomic mass is 10.1. The van der Waals surface area contributed by atoms with Gasteiger partial charge in [-0.25, -0.2) is 0 Å². The Hall–Kier alpha value is -1.32. The van der Waals surface area contributed by atoms with Gasteiger partial charge in [0.25, 0.3) is 0 Å². The fourth-order valence-corrected chi connectivity index (χ4v) is 3.20. The van der Waals surface area contributed by atoms with Crippen molar-refractivity contribution in [1.29, 1.82) is 0 Å². The molecule has 0 saturated carbocycles. The van der Waals surface area contributed by atoms with Crippen LogP contribution >= 0.6 is 11.3 Å². The van der Waals surface area contributed by atoms with Crippen LogP contribution in [0.15, 0.2) is 36.4 Å². The third-order valence-electron chi connectivity index (χ3n) is 3.54. The zero-order valence-electron chi connectivity index (χ0n) is 13.3. The average molecular weight is 303 g/mol. The molecule has 114 valence electrons. The molecule has 2 aromatic rings. The van der Waals surface area contributed by atoms with Gasteiger partial charge in [0.05, 0.1) is 6.61 Å². The summed E-state index contributed by atoms with van der Waals surface area (Å²) in [6.45, 7) is 9.48. The number of thiophene rings is 1. The molecule has 0 bridgehead atoms. The first-order chi connectivity index (χ1) is 10.1. The molecule has 0 amide bonds. The summed E-state index contributed by atoms with van der Waals surface area (Å²) in [4.78, 5) is 2.76. The molecule has 0 aliphatic heterocycles. The first kappa shape index (κ1) is 16.1. The maximum Gasteiger partial charge on any atom is 0.119 e. The molecule has 2 rings (SSSR count). The smallest absolute Gasteiger partial charge is 0.119 e. The van der Waals surface area contributed by atoms with E-state index in [9.17, 15) is 0 Å². The lowest BCUT2D eigenvalue weighted by molar-refractivity contribution is 0.317. The Balaban J connectivity index is 1.94. The molecule has 2 unspecified atom stereocenters. The van der Waals surface area contributed by atoms with Crippen molar-refractivity contribution in [2.75, 3.05) is 6.61 Å². The monoisotopic (exact) mass is 303 g/mol. The molecule has 1 N–H and O–H groups in total. The molecule has 1 aromatic heterocycles. The molecular formula is C18H25NOS. The van der Waals surface area contributed by atoms with Crippen molar-refractivity contribution >= 4 is 11.3 Å². The predicted octanol–water partition coefficient (Wildman–Crippen LogP) is 5.26. The number of hydrogen-bond donors (Lipinski definition) is 1. The van der Waals surface area contributed by atoms with Crippen LogP contribution in [0.25, 0.3) is 0 Å². The van der Waals surface area contributed by atoms with Gasteiger partial charge in [-0.3, -0.25) is 0 Å². The van der Waals surface area contributed by atoms with Crippen LogP contribution in [0, 0.1) is 6.92 Å². The fourth-order valence-electron chi connectivity index (χ4n) is 2.31. The van der Waals surface area contributed by atoms with Gasteiger partial charge in [0.1, 0.15) is 5.75 Å². The summed E-state index contributed by atoms with van der Waals surface area (Å²) in [7, 11) is 0. The van der Waals surface area contributed by atoms with Crippen molar-refractivity contribution in [1.82, 2.24) is 5.32 Å². The highest BCUT2D eigenvalue weighted by Crippen LogP contribution is 2.26. The first-order valence-corrected chi connectivity index (χ1v) is 8.47. The van der Waals surface area contributed by atoms with Gasteiger partial charge in [-0.1, -0.05) is 19.1 Å². The van der Waals surface area contributed by atoms with Gasteiger partial charge in [-0.2, -0.15) is 0 Å². The van der Waals surface area contributed by atoms with E-state index in [1.165, 1.54) is 15.3 Å². The van der Waals surface area contributed by atoms with E-state index in [2.05, 4.69) is 69.4 Å². The Labute approximate surface area is 132 Å². The largest absolute Gasteiger partial charge is 0.494 e. The van der Waals surface area contributed by atoms with Crippen LogP contribution in [-0.2, 0) is 0 Å². The number of ether oxygens (including phenoxy) is 1. The summed E-state index contributed by atoms with van der Waals surface area (Å²) in [5, 5.41) is 3.66. The van der Waals surface area contributed by atoms with E-state index in [4.69, 9.17) is 4.74 Å². The minimum atomic E-state index is 0.322. The number of benzene rings is 1. The molecule has 0 aliphatic carbocycles. The van der Waals surface area contributed by atoms with Crippen LogP contribution in [0.2, 0.25) is 0 Å². The van der Waals surface area contributed by atoms with E-state index in [-0.39, 0.29) is 0 Å². The Morgan fingerprint density at radius 2 is 1.76 bits per heavy atom. The quantitative estimate of drug-likeness (QED) is 0.753.